The lowest BCUT2D eigenvalue weighted by molar-refractivity contribution is 0.102. The minimum atomic E-state index is -0.828. The molecule has 0 atom stereocenters. The van der Waals surface area contributed by atoms with Crippen molar-refractivity contribution in [2.75, 3.05) is 5.32 Å². The summed E-state index contributed by atoms with van der Waals surface area (Å²) in [5.74, 6) is -1.81. The van der Waals surface area contributed by atoms with Crippen molar-refractivity contribution in [2.24, 2.45) is 0 Å². The van der Waals surface area contributed by atoms with Gasteiger partial charge in [-0.15, -0.1) is 0 Å². The van der Waals surface area contributed by atoms with Crippen LogP contribution in [0.1, 0.15) is 15.9 Å². The van der Waals surface area contributed by atoms with E-state index in [0.717, 1.165) is 5.56 Å². The molecule has 6 heteroatoms. The number of pyridine rings is 1. The van der Waals surface area contributed by atoms with E-state index in [-0.39, 0.29) is 17.0 Å². The number of amides is 1. The van der Waals surface area contributed by atoms with Crippen LogP contribution < -0.4 is 10.9 Å². The number of nitrogens with zero attached hydrogens (tertiary/aromatic N) is 1. The summed E-state index contributed by atoms with van der Waals surface area (Å²) in [5.41, 5.74) is 0.628. The Morgan fingerprint density at radius 3 is 2.75 bits per heavy atom. The first kappa shape index (κ1) is 14.4. The molecular formula is C18H13FN2O3. The summed E-state index contributed by atoms with van der Waals surface area (Å²) < 4.78 is 15.2. The topological polar surface area (TPSA) is 71.3 Å². The summed E-state index contributed by atoms with van der Waals surface area (Å²) in [7, 11) is 0. The van der Waals surface area contributed by atoms with Crippen LogP contribution in [0.5, 0.6) is 5.75 Å². The molecule has 1 aromatic heterocycles. The molecule has 2 heterocycles. The van der Waals surface area contributed by atoms with E-state index in [2.05, 4.69) is 5.32 Å². The highest BCUT2D eigenvalue weighted by molar-refractivity contribution is 6.09. The molecule has 1 aliphatic rings. The molecule has 0 radical (unpaired) electrons. The highest BCUT2D eigenvalue weighted by atomic mass is 19.1. The minimum absolute atomic E-state index is 0.0448. The van der Waals surface area contributed by atoms with E-state index in [4.69, 9.17) is 0 Å². The maximum atomic E-state index is 13.7. The Hall–Kier alpha value is -3.15. The molecule has 5 nitrogen and oxygen atoms in total. The zero-order valence-corrected chi connectivity index (χ0v) is 12.5. The molecule has 4 rings (SSSR count). The van der Waals surface area contributed by atoms with Crippen molar-refractivity contribution < 1.29 is 14.3 Å². The number of aromatic nitrogens is 1. The molecule has 0 aliphatic carbocycles. The number of benzene rings is 2. The fourth-order valence-electron chi connectivity index (χ4n) is 3.17. The third-order valence-corrected chi connectivity index (χ3v) is 4.29. The molecular weight excluding hydrogens is 311 g/mol. The maximum Gasteiger partial charge on any atom is 0.267 e. The molecule has 0 saturated carbocycles. The fraction of sp³-hybridized carbons (Fsp3) is 0.111. The van der Waals surface area contributed by atoms with Crippen molar-refractivity contribution in [2.45, 2.75) is 13.0 Å². The summed E-state index contributed by atoms with van der Waals surface area (Å²) in [6.07, 6.45) is 0.671. The van der Waals surface area contributed by atoms with Gasteiger partial charge in [-0.2, -0.15) is 0 Å². The second-order valence-electron chi connectivity index (χ2n) is 5.68. The Balaban J connectivity index is 1.88. The summed E-state index contributed by atoms with van der Waals surface area (Å²) in [4.78, 5) is 25.1. The predicted octanol–water partition coefficient (Wildman–Crippen LogP) is 2.65. The Kier molecular flexibility index (Phi) is 3.13. The van der Waals surface area contributed by atoms with Crippen molar-refractivity contribution >= 4 is 22.5 Å². The summed E-state index contributed by atoms with van der Waals surface area (Å²) in [6, 6.07) is 11.0. The summed E-state index contributed by atoms with van der Waals surface area (Å²) in [5, 5.41) is 13.3. The van der Waals surface area contributed by atoms with Gasteiger partial charge in [0.05, 0.1) is 11.2 Å². The Bertz CT molecular complexity index is 1060. The van der Waals surface area contributed by atoms with Crippen molar-refractivity contribution in [3.63, 3.8) is 0 Å². The number of aromatic hydroxyl groups is 1. The monoisotopic (exact) mass is 324 g/mol. The van der Waals surface area contributed by atoms with Gasteiger partial charge in [-0.1, -0.05) is 24.3 Å². The van der Waals surface area contributed by atoms with Crippen LogP contribution in [0.25, 0.3) is 10.9 Å². The van der Waals surface area contributed by atoms with Crippen molar-refractivity contribution in [1.29, 1.82) is 0 Å². The van der Waals surface area contributed by atoms with Gasteiger partial charge in [0.15, 0.2) is 0 Å². The number of aryl methyl sites for hydroxylation is 2. The molecule has 2 aromatic carbocycles. The van der Waals surface area contributed by atoms with Gasteiger partial charge in [-0.3, -0.25) is 9.59 Å². The number of anilines is 1. The number of hydrogen-bond donors (Lipinski definition) is 2. The molecule has 3 aromatic rings. The molecule has 120 valence electrons. The van der Waals surface area contributed by atoms with Crippen LogP contribution in [0.3, 0.4) is 0 Å². The number of carbonyl (C=O) groups is 1. The number of hydrogen-bond acceptors (Lipinski definition) is 3. The highest BCUT2D eigenvalue weighted by Crippen LogP contribution is 2.32. The number of nitrogens with one attached hydrogen (secondary N) is 1. The number of carbonyl (C=O) groups excluding carboxylic acids is 1. The summed E-state index contributed by atoms with van der Waals surface area (Å²) >= 11 is 0. The average Bonchev–Trinajstić information content (AvgIpc) is 3.00. The van der Waals surface area contributed by atoms with Crippen LogP contribution >= 0.6 is 0 Å². The van der Waals surface area contributed by atoms with Crippen molar-refractivity contribution in [3.05, 3.63) is 69.8 Å². The molecule has 1 amide bonds. The zero-order chi connectivity index (χ0) is 16.8. The van der Waals surface area contributed by atoms with Gasteiger partial charge in [-0.25, -0.2) is 4.39 Å². The molecule has 24 heavy (non-hydrogen) atoms. The minimum Gasteiger partial charge on any atom is -0.506 e. The van der Waals surface area contributed by atoms with E-state index in [1.54, 1.807) is 18.2 Å². The van der Waals surface area contributed by atoms with Crippen molar-refractivity contribution in [1.82, 2.24) is 4.57 Å². The first-order valence-electron chi connectivity index (χ1n) is 7.51. The third-order valence-electron chi connectivity index (χ3n) is 4.29. The smallest absolute Gasteiger partial charge is 0.267 e. The lowest BCUT2D eigenvalue weighted by atomic mass is 10.1. The lowest BCUT2D eigenvalue weighted by Crippen LogP contribution is -2.28. The van der Waals surface area contributed by atoms with Crippen LogP contribution in [0.2, 0.25) is 0 Å². The first-order chi connectivity index (χ1) is 11.6. The van der Waals surface area contributed by atoms with Gasteiger partial charge < -0.3 is 15.0 Å². The van der Waals surface area contributed by atoms with E-state index >= 15 is 0 Å². The van der Waals surface area contributed by atoms with Crippen LogP contribution in [0.4, 0.5) is 10.1 Å². The molecule has 0 fully saturated rings. The fourth-order valence-corrected chi connectivity index (χ4v) is 3.17. The van der Waals surface area contributed by atoms with Crippen LogP contribution in [-0.2, 0) is 13.0 Å². The molecule has 0 unspecified atom stereocenters. The molecule has 1 aliphatic heterocycles. The Labute approximate surface area is 136 Å². The van der Waals surface area contributed by atoms with E-state index < -0.39 is 17.3 Å². The van der Waals surface area contributed by atoms with Gasteiger partial charge >= 0.3 is 0 Å². The lowest BCUT2D eigenvalue weighted by Gasteiger charge is -2.12. The molecule has 0 saturated heterocycles. The zero-order valence-electron chi connectivity index (χ0n) is 12.5. The van der Waals surface area contributed by atoms with E-state index in [0.29, 0.717) is 23.9 Å². The second kappa shape index (κ2) is 5.19. The Morgan fingerprint density at radius 1 is 1.17 bits per heavy atom. The number of rotatable bonds is 2. The summed E-state index contributed by atoms with van der Waals surface area (Å²) in [6.45, 7) is 0.453. The van der Waals surface area contributed by atoms with Crippen LogP contribution in [0, 0.1) is 5.82 Å². The first-order valence-corrected chi connectivity index (χ1v) is 7.51. The van der Waals surface area contributed by atoms with E-state index in [9.17, 15) is 19.1 Å². The van der Waals surface area contributed by atoms with E-state index in [1.807, 2.05) is 6.07 Å². The molecule has 0 spiro atoms. The van der Waals surface area contributed by atoms with Gasteiger partial charge in [0.2, 0.25) is 0 Å². The second-order valence-corrected chi connectivity index (χ2v) is 5.68. The van der Waals surface area contributed by atoms with Gasteiger partial charge in [-0.05, 0) is 30.2 Å². The predicted molar refractivity (Wildman–Crippen MR) is 87.9 cm³/mol. The van der Waals surface area contributed by atoms with Crippen LogP contribution in [0.15, 0.2) is 47.3 Å². The van der Waals surface area contributed by atoms with Crippen molar-refractivity contribution in [3.8, 4) is 5.75 Å². The van der Waals surface area contributed by atoms with E-state index in [1.165, 1.54) is 22.8 Å². The normalized spacial score (nSPS) is 12.5. The van der Waals surface area contributed by atoms with Gasteiger partial charge in [0.25, 0.3) is 11.5 Å². The Morgan fingerprint density at radius 2 is 1.96 bits per heavy atom. The average molecular weight is 324 g/mol. The number of para-hydroxylation sites is 2. The quantitative estimate of drug-likeness (QED) is 0.761. The standard InChI is InChI=1S/C18H13FN2O3/c19-12-6-1-2-7-13(12)20-17(23)14-16(22)11-5-3-4-10-8-9-21(15(10)11)18(14)24/h1-7,22H,8-9H2,(H,20,23). The van der Waals surface area contributed by atoms with Gasteiger partial charge in [0.1, 0.15) is 17.1 Å². The van der Waals surface area contributed by atoms with Crippen LogP contribution in [-0.4, -0.2) is 15.6 Å². The SMILES string of the molecule is O=C(Nc1ccccc1F)c1c(O)c2cccc3c2n(c1=O)CC3. The maximum absolute atomic E-state index is 13.7. The molecule has 0 bridgehead atoms. The third kappa shape index (κ3) is 2.00. The largest absolute Gasteiger partial charge is 0.506 e. The number of halogens is 1. The van der Waals surface area contributed by atoms with Gasteiger partial charge in [0, 0.05) is 11.9 Å². The highest BCUT2D eigenvalue weighted by Gasteiger charge is 2.26. The molecule has 2 N–H and O–H groups in total.